The summed E-state index contributed by atoms with van der Waals surface area (Å²) < 4.78 is 0. The van der Waals surface area contributed by atoms with Gasteiger partial charge < -0.3 is 15.2 Å². The molecule has 0 saturated carbocycles. The SMILES string of the molecule is CN(C)CCCN(C)C(=O)c1cc(NN)ccc1[N+](=O)[O-]. The molecule has 1 rings (SSSR count). The van der Waals surface area contributed by atoms with Crippen molar-refractivity contribution in [3.05, 3.63) is 33.9 Å². The Morgan fingerprint density at radius 2 is 2.00 bits per heavy atom. The van der Waals surface area contributed by atoms with Crippen LogP contribution in [0.25, 0.3) is 0 Å². The molecule has 116 valence electrons. The van der Waals surface area contributed by atoms with E-state index in [2.05, 4.69) is 5.43 Å². The molecule has 0 radical (unpaired) electrons. The van der Waals surface area contributed by atoms with E-state index >= 15 is 0 Å². The third-order valence-electron chi connectivity index (χ3n) is 3.04. The van der Waals surface area contributed by atoms with Gasteiger partial charge in [0.1, 0.15) is 5.56 Å². The van der Waals surface area contributed by atoms with Crippen LogP contribution in [0.3, 0.4) is 0 Å². The van der Waals surface area contributed by atoms with Crippen molar-refractivity contribution in [1.82, 2.24) is 9.80 Å². The normalized spacial score (nSPS) is 10.5. The number of amides is 1. The molecule has 21 heavy (non-hydrogen) atoms. The van der Waals surface area contributed by atoms with Crippen LogP contribution < -0.4 is 11.3 Å². The van der Waals surface area contributed by atoms with Gasteiger partial charge in [0, 0.05) is 25.3 Å². The Hall–Kier alpha value is -2.19. The van der Waals surface area contributed by atoms with Gasteiger partial charge in [0.25, 0.3) is 11.6 Å². The lowest BCUT2D eigenvalue weighted by molar-refractivity contribution is -0.385. The van der Waals surface area contributed by atoms with Crippen molar-refractivity contribution in [3.8, 4) is 0 Å². The van der Waals surface area contributed by atoms with Gasteiger partial charge in [0.05, 0.1) is 4.92 Å². The number of hydrazine groups is 1. The Morgan fingerprint density at radius 3 is 2.52 bits per heavy atom. The summed E-state index contributed by atoms with van der Waals surface area (Å²) in [5.41, 5.74) is 2.64. The molecule has 0 heterocycles. The van der Waals surface area contributed by atoms with E-state index in [4.69, 9.17) is 5.84 Å². The third kappa shape index (κ3) is 4.69. The van der Waals surface area contributed by atoms with Crippen LogP contribution in [0, 0.1) is 10.1 Å². The molecule has 0 saturated heterocycles. The van der Waals surface area contributed by atoms with Gasteiger partial charge in [-0.3, -0.25) is 20.8 Å². The number of hydrogen-bond donors (Lipinski definition) is 2. The van der Waals surface area contributed by atoms with Gasteiger partial charge in [-0.15, -0.1) is 0 Å². The maximum atomic E-state index is 12.4. The largest absolute Gasteiger partial charge is 0.341 e. The van der Waals surface area contributed by atoms with Gasteiger partial charge in [-0.05, 0) is 39.2 Å². The molecular weight excluding hydrogens is 274 g/mol. The number of nitro groups is 1. The Balaban J connectivity index is 2.91. The van der Waals surface area contributed by atoms with E-state index in [0.717, 1.165) is 13.0 Å². The Bertz CT molecular complexity index is 519. The van der Waals surface area contributed by atoms with Crippen molar-refractivity contribution in [2.24, 2.45) is 5.84 Å². The van der Waals surface area contributed by atoms with E-state index in [1.54, 1.807) is 7.05 Å². The Labute approximate surface area is 123 Å². The van der Waals surface area contributed by atoms with E-state index in [0.29, 0.717) is 12.2 Å². The van der Waals surface area contributed by atoms with Crippen LogP contribution in [0.2, 0.25) is 0 Å². The van der Waals surface area contributed by atoms with Gasteiger partial charge in [0.15, 0.2) is 0 Å². The van der Waals surface area contributed by atoms with Gasteiger partial charge in [-0.1, -0.05) is 0 Å². The summed E-state index contributed by atoms with van der Waals surface area (Å²) in [5.74, 6) is 4.89. The highest BCUT2D eigenvalue weighted by molar-refractivity contribution is 5.99. The van der Waals surface area contributed by atoms with Gasteiger partial charge in [0.2, 0.25) is 0 Å². The van der Waals surface area contributed by atoms with Crippen LogP contribution in [0.4, 0.5) is 11.4 Å². The first-order valence-corrected chi connectivity index (χ1v) is 6.52. The second-order valence-corrected chi connectivity index (χ2v) is 5.02. The molecule has 0 aliphatic carbocycles. The molecule has 0 fully saturated rings. The molecule has 0 aliphatic heterocycles. The molecule has 8 heteroatoms. The molecule has 1 aromatic rings. The van der Waals surface area contributed by atoms with E-state index in [1.807, 2.05) is 19.0 Å². The lowest BCUT2D eigenvalue weighted by atomic mass is 10.1. The first kappa shape index (κ1) is 16.9. The van der Waals surface area contributed by atoms with Crippen molar-refractivity contribution in [2.45, 2.75) is 6.42 Å². The summed E-state index contributed by atoms with van der Waals surface area (Å²) in [4.78, 5) is 26.3. The molecule has 0 unspecified atom stereocenters. The maximum absolute atomic E-state index is 12.4. The topological polar surface area (TPSA) is 105 Å². The Morgan fingerprint density at radius 1 is 1.33 bits per heavy atom. The molecule has 1 aromatic carbocycles. The number of benzene rings is 1. The van der Waals surface area contributed by atoms with Crippen molar-refractivity contribution >= 4 is 17.3 Å². The smallest absolute Gasteiger partial charge is 0.282 e. The number of carbonyl (C=O) groups excluding carboxylic acids is 1. The zero-order valence-electron chi connectivity index (χ0n) is 12.5. The maximum Gasteiger partial charge on any atom is 0.282 e. The average Bonchev–Trinajstić information content (AvgIpc) is 2.45. The van der Waals surface area contributed by atoms with Crippen LogP contribution in [0.5, 0.6) is 0 Å². The second kappa shape index (κ2) is 7.55. The highest BCUT2D eigenvalue weighted by Crippen LogP contribution is 2.23. The number of carbonyl (C=O) groups is 1. The van der Waals surface area contributed by atoms with E-state index < -0.39 is 10.8 Å². The summed E-state index contributed by atoms with van der Waals surface area (Å²) in [7, 11) is 5.52. The predicted octanol–water partition coefficient (Wildman–Crippen LogP) is 0.904. The van der Waals surface area contributed by atoms with Crippen LogP contribution >= 0.6 is 0 Å². The average molecular weight is 295 g/mol. The fourth-order valence-corrected chi connectivity index (χ4v) is 1.89. The lowest BCUT2D eigenvalue weighted by Crippen LogP contribution is -2.30. The van der Waals surface area contributed by atoms with Crippen LogP contribution in [0.1, 0.15) is 16.8 Å². The number of nitro benzene ring substituents is 1. The van der Waals surface area contributed by atoms with Gasteiger partial charge >= 0.3 is 0 Å². The minimum absolute atomic E-state index is 0.0304. The van der Waals surface area contributed by atoms with Crippen LogP contribution in [0.15, 0.2) is 18.2 Å². The highest BCUT2D eigenvalue weighted by atomic mass is 16.6. The second-order valence-electron chi connectivity index (χ2n) is 5.02. The molecule has 0 atom stereocenters. The predicted molar refractivity (Wildman–Crippen MR) is 81.0 cm³/mol. The van der Waals surface area contributed by atoms with Gasteiger partial charge in [-0.2, -0.15) is 0 Å². The van der Waals surface area contributed by atoms with Crippen molar-refractivity contribution in [3.63, 3.8) is 0 Å². The first-order valence-electron chi connectivity index (χ1n) is 6.52. The number of nitrogens with one attached hydrogen (secondary N) is 1. The zero-order chi connectivity index (χ0) is 16.0. The summed E-state index contributed by atoms with van der Waals surface area (Å²) in [6.45, 7) is 1.36. The Kier molecular flexibility index (Phi) is 6.07. The summed E-state index contributed by atoms with van der Waals surface area (Å²) >= 11 is 0. The first-order chi connectivity index (χ1) is 9.86. The van der Waals surface area contributed by atoms with E-state index in [9.17, 15) is 14.9 Å². The summed E-state index contributed by atoms with van der Waals surface area (Å²) in [6, 6.07) is 4.12. The van der Waals surface area contributed by atoms with Crippen molar-refractivity contribution < 1.29 is 9.72 Å². The number of nitrogens with two attached hydrogens (primary N) is 1. The minimum atomic E-state index is -0.568. The fourth-order valence-electron chi connectivity index (χ4n) is 1.89. The number of nitrogens with zero attached hydrogens (tertiary/aromatic N) is 3. The third-order valence-corrected chi connectivity index (χ3v) is 3.04. The number of rotatable bonds is 7. The highest BCUT2D eigenvalue weighted by Gasteiger charge is 2.23. The van der Waals surface area contributed by atoms with Gasteiger partial charge in [-0.25, -0.2) is 0 Å². The quantitative estimate of drug-likeness (QED) is 0.440. The standard InChI is InChI=1S/C13H21N5O3/c1-16(2)7-4-8-17(3)13(19)11-9-10(15-14)5-6-12(11)18(20)21/h5-6,9,15H,4,7-8,14H2,1-3H3. The number of hydrogen-bond acceptors (Lipinski definition) is 6. The molecule has 0 spiro atoms. The molecular formula is C13H21N5O3. The molecule has 3 N–H and O–H groups in total. The number of nitrogen functional groups attached to an aromatic ring is 1. The summed E-state index contributed by atoms with van der Waals surface area (Å²) in [5, 5.41) is 11.0. The molecule has 8 nitrogen and oxygen atoms in total. The van der Waals surface area contributed by atoms with Crippen molar-refractivity contribution in [1.29, 1.82) is 0 Å². The van der Waals surface area contributed by atoms with Crippen LogP contribution in [-0.2, 0) is 0 Å². The fraction of sp³-hybridized carbons (Fsp3) is 0.462. The molecule has 0 aromatic heterocycles. The zero-order valence-corrected chi connectivity index (χ0v) is 12.5. The van der Waals surface area contributed by atoms with Crippen LogP contribution in [-0.4, -0.2) is 54.9 Å². The van der Waals surface area contributed by atoms with E-state index in [-0.39, 0.29) is 11.3 Å². The molecule has 0 aliphatic rings. The minimum Gasteiger partial charge on any atom is -0.341 e. The molecule has 0 bridgehead atoms. The molecule has 1 amide bonds. The number of anilines is 1. The van der Waals surface area contributed by atoms with E-state index in [1.165, 1.54) is 23.1 Å². The summed E-state index contributed by atoms with van der Waals surface area (Å²) in [6.07, 6.45) is 0.790. The monoisotopic (exact) mass is 295 g/mol. The van der Waals surface area contributed by atoms with Crippen molar-refractivity contribution in [2.75, 3.05) is 39.7 Å². The lowest BCUT2D eigenvalue weighted by Gasteiger charge is -2.19.